The number of nitrogens with zero attached hydrogens (tertiary/aromatic N) is 1. The average Bonchev–Trinajstić information content (AvgIpc) is 2.77. The van der Waals surface area contributed by atoms with Crippen molar-refractivity contribution in [1.29, 1.82) is 0 Å². The quantitative estimate of drug-likeness (QED) is 0.733. The molecule has 0 aromatic heterocycles. The molecule has 1 fully saturated rings. The van der Waals surface area contributed by atoms with Gasteiger partial charge in [-0.05, 0) is 25.7 Å². The molecule has 1 saturated heterocycles. The Labute approximate surface area is 103 Å². The van der Waals surface area contributed by atoms with Crippen molar-refractivity contribution in [2.75, 3.05) is 13.1 Å². The van der Waals surface area contributed by atoms with E-state index in [4.69, 9.17) is 5.73 Å². The largest absolute Gasteiger partial charge is 0.343 e. The molecule has 5 nitrogen and oxygen atoms in total. The first-order valence-corrected chi connectivity index (χ1v) is 6.28. The summed E-state index contributed by atoms with van der Waals surface area (Å²) in [6.45, 7) is 7.08. The predicted octanol–water partition coefficient (Wildman–Crippen LogP) is 0.0968. The molecular formula is C12H23N3O2. The summed E-state index contributed by atoms with van der Waals surface area (Å²) in [5, 5.41) is 2.74. The molecule has 1 rings (SSSR count). The SMILES string of the molecule is CC(C)[C@H](NC(=O)[C@H](C)N)C(=O)N1CCCC1. The maximum Gasteiger partial charge on any atom is 0.245 e. The number of nitrogens with two attached hydrogens (primary N) is 1. The van der Waals surface area contributed by atoms with Gasteiger partial charge in [-0.15, -0.1) is 0 Å². The van der Waals surface area contributed by atoms with Crippen molar-refractivity contribution in [2.24, 2.45) is 11.7 Å². The lowest BCUT2D eigenvalue weighted by atomic mass is 10.0. The van der Waals surface area contributed by atoms with Crippen LogP contribution < -0.4 is 11.1 Å². The van der Waals surface area contributed by atoms with E-state index in [1.807, 2.05) is 18.7 Å². The highest BCUT2D eigenvalue weighted by molar-refractivity contribution is 5.89. The van der Waals surface area contributed by atoms with Crippen LogP contribution in [0.15, 0.2) is 0 Å². The van der Waals surface area contributed by atoms with Gasteiger partial charge in [-0.25, -0.2) is 0 Å². The van der Waals surface area contributed by atoms with Gasteiger partial charge in [0.25, 0.3) is 0 Å². The molecule has 0 saturated carbocycles. The average molecular weight is 241 g/mol. The van der Waals surface area contributed by atoms with E-state index in [1.165, 1.54) is 0 Å². The smallest absolute Gasteiger partial charge is 0.245 e. The number of carbonyl (C=O) groups excluding carboxylic acids is 2. The second-order valence-electron chi connectivity index (χ2n) is 5.05. The number of rotatable bonds is 4. The first kappa shape index (κ1) is 14.0. The van der Waals surface area contributed by atoms with Gasteiger partial charge in [0.05, 0.1) is 6.04 Å². The molecule has 2 atom stereocenters. The molecule has 2 amide bonds. The van der Waals surface area contributed by atoms with Crippen molar-refractivity contribution in [1.82, 2.24) is 10.2 Å². The molecule has 98 valence electrons. The van der Waals surface area contributed by atoms with Gasteiger partial charge in [0, 0.05) is 13.1 Å². The van der Waals surface area contributed by atoms with Crippen LogP contribution in [0.5, 0.6) is 0 Å². The third-order valence-corrected chi connectivity index (χ3v) is 3.06. The van der Waals surface area contributed by atoms with Crippen LogP contribution in [0.3, 0.4) is 0 Å². The summed E-state index contributed by atoms with van der Waals surface area (Å²) in [6.07, 6.45) is 2.11. The highest BCUT2D eigenvalue weighted by Crippen LogP contribution is 2.13. The van der Waals surface area contributed by atoms with Crippen LogP contribution in [0.4, 0.5) is 0 Å². The Bertz CT molecular complexity index is 283. The summed E-state index contributed by atoms with van der Waals surface area (Å²) in [5.41, 5.74) is 5.50. The van der Waals surface area contributed by atoms with Gasteiger partial charge in [0.15, 0.2) is 0 Å². The van der Waals surface area contributed by atoms with Gasteiger partial charge < -0.3 is 16.0 Å². The monoisotopic (exact) mass is 241 g/mol. The van der Waals surface area contributed by atoms with Gasteiger partial charge in [0.1, 0.15) is 6.04 Å². The van der Waals surface area contributed by atoms with E-state index in [0.29, 0.717) is 0 Å². The Balaban J connectivity index is 2.64. The van der Waals surface area contributed by atoms with Gasteiger partial charge in [-0.3, -0.25) is 9.59 Å². The summed E-state index contributed by atoms with van der Waals surface area (Å²) < 4.78 is 0. The molecule has 0 radical (unpaired) electrons. The first-order valence-electron chi connectivity index (χ1n) is 6.28. The van der Waals surface area contributed by atoms with E-state index >= 15 is 0 Å². The second kappa shape index (κ2) is 6.00. The van der Waals surface area contributed by atoms with Gasteiger partial charge >= 0.3 is 0 Å². The molecule has 0 unspecified atom stereocenters. The van der Waals surface area contributed by atoms with Crippen molar-refractivity contribution in [2.45, 2.75) is 45.7 Å². The second-order valence-corrected chi connectivity index (χ2v) is 5.05. The molecule has 1 aliphatic rings. The zero-order valence-corrected chi connectivity index (χ0v) is 10.9. The Kier molecular flexibility index (Phi) is 4.93. The van der Waals surface area contributed by atoms with Crippen molar-refractivity contribution in [3.05, 3.63) is 0 Å². The molecule has 5 heteroatoms. The highest BCUT2D eigenvalue weighted by atomic mass is 16.2. The van der Waals surface area contributed by atoms with Crippen LogP contribution >= 0.6 is 0 Å². The fraction of sp³-hybridized carbons (Fsp3) is 0.833. The van der Waals surface area contributed by atoms with E-state index in [0.717, 1.165) is 25.9 Å². The molecule has 0 aromatic carbocycles. The molecular weight excluding hydrogens is 218 g/mol. The first-order chi connectivity index (χ1) is 7.93. The highest BCUT2D eigenvalue weighted by Gasteiger charge is 2.30. The Morgan fingerprint density at radius 2 is 1.71 bits per heavy atom. The lowest BCUT2D eigenvalue weighted by molar-refractivity contribution is -0.137. The molecule has 1 heterocycles. The molecule has 0 aliphatic carbocycles. The van der Waals surface area contributed by atoms with Crippen molar-refractivity contribution in [3.63, 3.8) is 0 Å². The lowest BCUT2D eigenvalue weighted by Crippen LogP contribution is -2.53. The molecule has 0 aromatic rings. The number of hydrogen-bond donors (Lipinski definition) is 2. The molecule has 0 bridgehead atoms. The van der Waals surface area contributed by atoms with Crippen LogP contribution in [0.25, 0.3) is 0 Å². The van der Waals surface area contributed by atoms with Gasteiger partial charge in [-0.2, -0.15) is 0 Å². The minimum Gasteiger partial charge on any atom is -0.343 e. The molecule has 1 aliphatic heterocycles. The fourth-order valence-corrected chi connectivity index (χ4v) is 1.93. The van der Waals surface area contributed by atoms with Gasteiger partial charge in [0.2, 0.25) is 11.8 Å². The topological polar surface area (TPSA) is 75.4 Å². The number of nitrogens with one attached hydrogen (secondary N) is 1. The van der Waals surface area contributed by atoms with Crippen LogP contribution in [-0.2, 0) is 9.59 Å². The third kappa shape index (κ3) is 3.70. The normalized spacial score (nSPS) is 19.2. The summed E-state index contributed by atoms with van der Waals surface area (Å²) in [7, 11) is 0. The summed E-state index contributed by atoms with van der Waals surface area (Å²) >= 11 is 0. The minimum atomic E-state index is -0.581. The minimum absolute atomic E-state index is 0.0199. The van der Waals surface area contributed by atoms with Crippen LogP contribution in [0, 0.1) is 5.92 Å². The van der Waals surface area contributed by atoms with Crippen molar-refractivity contribution >= 4 is 11.8 Å². The van der Waals surface area contributed by atoms with E-state index in [1.54, 1.807) is 6.92 Å². The zero-order chi connectivity index (χ0) is 13.0. The Morgan fingerprint density at radius 3 is 2.12 bits per heavy atom. The number of likely N-dealkylation sites (tertiary alicyclic amines) is 1. The van der Waals surface area contributed by atoms with Crippen LogP contribution in [0.2, 0.25) is 0 Å². The number of hydrogen-bond acceptors (Lipinski definition) is 3. The van der Waals surface area contributed by atoms with E-state index in [-0.39, 0.29) is 17.7 Å². The summed E-state index contributed by atoms with van der Waals surface area (Å²) in [6, 6.07) is -1.03. The molecule has 3 N–H and O–H groups in total. The molecule has 0 spiro atoms. The number of carbonyl (C=O) groups is 2. The maximum atomic E-state index is 12.2. The number of amides is 2. The van der Waals surface area contributed by atoms with E-state index in [9.17, 15) is 9.59 Å². The Hall–Kier alpha value is -1.10. The fourth-order valence-electron chi connectivity index (χ4n) is 1.93. The summed E-state index contributed by atoms with van der Waals surface area (Å²) in [5.74, 6) is -0.173. The summed E-state index contributed by atoms with van der Waals surface area (Å²) in [4.78, 5) is 25.6. The van der Waals surface area contributed by atoms with E-state index in [2.05, 4.69) is 5.32 Å². The van der Waals surface area contributed by atoms with Crippen LogP contribution in [-0.4, -0.2) is 41.9 Å². The predicted molar refractivity (Wildman–Crippen MR) is 66.2 cm³/mol. The maximum absolute atomic E-state index is 12.2. The van der Waals surface area contributed by atoms with Crippen molar-refractivity contribution in [3.8, 4) is 0 Å². The lowest BCUT2D eigenvalue weighted by Gasteiger charge is -2.27. The molecule has 17 heavy (non-hydrogen) atoms. The van der Waals surface area contributed by atoms with Crippen molar-refractivity contribution < 1.29 is 9.59 Å². The van der Waals surface area contributed by atoms with Crippen LogP contribution in [0.1, 0.15) is 33.6 Å². The van der Waals surface area contributed by atoms with E-state index < -0.39 is 12.1 Å². The zero-order valence-electron chi connectivity index (χ0n) is 10.9. The van der Waals surface area contributed by atoms with Gasteiger partial charge in [-0.1, -0.05) is 13.8 Å². The standard InChI is InChI=1S/C12H23N3O2/c1-8(2)10(14-11(16)9(3)13)12(17)15-6-4-5-7-15/h8-10H,4-7,13H2,1-3H3,(H,14,16)/t9-,10-/m0/s1. The Morgan fingerprint density at radius 1 is 1.18 bits per heavy atom. The third-order valence-electron chi connectivity index (χ3n) is 3.06.